The van der Waals surface area contributed by atoms with E-state index < -0.39 is 0 Å². The molecule has 0 aliphatic heterocycles. The molecule has 1 aromatic rings. The van der Waals surface area contributed by atoms with E-state index in [4.69, 9.17) is 0 Å². The summed E-state index contributed by atoms with van der Waals surface area (Å²) in [5, 5.41) is 2.92. The number of ketones is 1. The molecule has 0 fully saturated rings. The van der Waals surface area contributed by atoms with Gasteiger partial charge in [-0.3, -0.25) is 9.59 Å². The first-order valence-corrected chi connectivity index (χ1v) is 8.90. The lowest BCUT2D eigenvalue weighted by molar-refractivity contribution is -0.128. The summed E-state index contributed by atoms with van der Waals surface area (Å²) < 4.78 is 0. The van der Waals surface area contributed by atoms with E-state index in [1.807, 2.05) is 45.0 Å². The van der Waals surface area contributed by atoms with Gasteiger partial charge in [-0.05, 0) is 31.6 Å². The number of carbonyl (C=O) groups excluding carboxylic acids is 2. The fourth-order valence-electron chi connectivity index (χ4n) is 2.40. The molecule has 0 bridgehead atoms. The SMILES string of the molecule is CCN(CC)CCCC(=O)c1ccc(CNC(=O)C(C)(C)C)cc1. The normalized spacial score (nSPS) is 11.6. The van der Waals surface area contributed by atoms with Crippen molar-refractivity contribution in [2.75, 3.05) is 19.6 Å². The summed E-state index contributed by atoms with van der Waals surface area (Å²) in [4.78, 5) is 26.4. The van der Waals surface area contributed by atoms with Gasteiger partial charge in [-0.1, -0.05) is 58.9 Å². The summed E-state index contributed by atoms with van der Waals surface area (Å²) >= 11 is 0. The molecular weight excluding hydrogens is 300 g/mol. The van der Waals surface area contributed by atoms with E-state index >= 15 is 0 Å². The van der Waals surface area contributed by atoms with Gasteiger partial charge >= 0.3 is 0 Å². The van der Waals surface area contributed by atoms with Crippen molar-refractivity contribution in [1.82, 2.24) is 10.2 Å². The summed E-state index contributed by atoms with van der Waals surface area (Å²) in [6.45, 7) is 13.5. The molecule has 0 aliphatic rings. The Kier molecular flexibility index (Phi) is 8.13. The van der Waals surface area contributed by atoms with Gasteiger partial charge in [0.25, 0.3) is 0 Å². The lowest BCUT2D eigenvalue weighted by atomic mass is 9.95. The molecule has 0 heterocycles. The Balaban J connectivity index is 2.46. The largest absolute Gasteiger partial charge is 0.352 e. The van der Waals surface area contributed by atoms with Crippen LogP contribution in [0.15, 0.2) is 24.3 Å². The Morgan fingerprint density at radius 3 is 2.12 bits per heavy atom. The van der Waals surface area contributed by atoms with Crippen LogP contribution in [0, 0.1) is 5.41 Å². The zero-order valence-corrected chi connectivity index (χ0v) is 15.8. The van der Waals surface area contributed by atoms with Crippen molar-refractivity contribution in [3.8, 4) is 0 Å². The first-order valence-electron chi connectivity index (χ1n) is 8.90. The minimum Gasteiger partial charge on any atom is -0.352 e. The number of nitrogens with zero attached hydrogens (tertiary/aromatic N) is 1. The zero-order chi connectivity index (χ0) is 18.2. The van der Waals surface area contributed by atoms with Crippen molar-refractivity contribution in [2.45, 2.75) is 54.0 Å². The van der Waals surface area contributed by atoms with Gasteiger partial charge in [0.05, 0.1) is 0 Å². The van der Waals surface area contributed by atoms with Crippen LogP contribution in [-0.2, 0) is 11.3 Å². The number of amides is 1. The van der Waals surface area contributed by atoms with Crippen LogP contribution in [0.2, 0.25) is 0 Å². The van der Waals surface area contributed by atoms with Crippen LogP contribution in [0.3, 0.4) is 0 Å². The first kappa shape index (κ1) is 20.4. The summed E-state index contributed by atoms with van der Waals surface area (Å²) in [5.41, 5.74) is 1.37. The Morgan fingerprint density at radius 1 is 1.04 bits per heavy atom. The van der Waals surface area contributed by atoms with E-state index in [-0.39, 0.29) is 17.1 Å². The van der Waals surface area contributed by atoms with Gasteiger partial charge in [-0.15, -0.1) is 0 Å². The quantitative estimate of drug-likeness (QED) is 0.702. The maximum absolute atomic E-state index is 12.2. The highest BCUT2D eigenvalue weighted by Crippen LogP contribution is 2.13. The predicted octanol–water partition coefficient (Wildman–Crippen LogP) is 3.65. The number of carbonyl (C=O) groups is 2. The van der Waals surface area contributed by atoms with E-state index in [1.54, 1.807) is 0 Å². The Hall–Kier alpha value is -1.68. The van der Waals surface area contributed by atoms with Crippen molar-refractivity contribution < 1.29 is 9.59 Å². The second kappa shape index (κ2) is 9.58. The van der Waals surface area contributed by atoms with E-state index in [2.05, 4.69) is 24.1 Å². The standard InChI is InChI=1S/C20H32N2O2/c1-6-22(7-2)14-8-9-18(23)17-12-10-16(11-13-17)15-21-19(24)20(3,4)5/h10-13H,6-9,14-15H2,1-5H3,(H,21,24). The smallest absolute Gasteiger partial charge is 0.225 e. The molecule has 134 valence electrons. The highest BCUT2D eigenvalue weighted by atomic mass is 16.2. The molecule has 4 nitrogen and oxygen atoms in total. The Labute approximate surface area is 146 Å². The maximum Gasteiger partial charge on any atom is 0.225 e. The van der Waals surface area contributed by atoms with Gasteiger partial charge in [0, 0.05) is 23.9 Å². The topological polar surface area (TPSA) is 49.4 Å². The van der Waals surface area contributed by atoms with E-state index in [9.17, 15) is 9.59 Å². The lowest BCUT2D eigenvalue weighted by Crippen LogP contribution is -2.34. The van der Waals surface area contributed by atoms with Crippen LogP contribution in [0.5, 0.6) is 0 Å². The number of benzene rings is 1. The molecule has 1 rings (SSSR count). The monoisotopic (exact) mass is 332 g/mol. The van der Waals surface area contributed by atoms with Crippen LogP contribution in [0.25, 0.3) is 0 Å². The highest BCUT2D eigenvalue weighted by molar-refractivity contribution is 5.96. The van der Waals surface area contributed by atoms with Crippen LogP contribution in [0.1, 0.15) is 63.4 Å². The van der Waals surface area contributed by atoms with Crippen molar-refractivity contribution in [3.63, 3.8) is 0 Å². The third kappa shape index (κ3) is 6.83. The molecule has 24 heavy (non-hydrogen) atoms. The summed E-state index contributed by atoms with van der Waals surface area (Å²) in [7, 11) is 0. The van der Waals surface area contributed by atoms with Gasteiger partial charge in [0.1, 0.15) is 0 Å². The predicted molar refractivity (Wildman–Crippen MR) is 99.1 cm³/mol. The molecule has 4 heteroatoms. The molecule has 1 amide bonds. The molecule has 1 N–H and O–H groups in total. The third-order valence-electron chi connectivity index (χ3n) is 4.18. The molecule has 0 radical (unpaired) electrons. The lowest BCUT2D eigenvalue weighted by Gasteiger charge is -2.18. The summed E-state index contributed by atoms with van der Waals surface area (Å²) in [6.07, 6.45) is 1.47. The minimum atomic E-state index is -0.388. The minimum absolute atomic E-state index is 0.0269. The fourth-order valence-corrected chi connectivity index (χ4v) is 2.40. The highest BCUT2D eigenvalue weighted by Gasteiger charge is 2.20. The molecule has 0 saturated heterocycles. The fraction of sp³-hybridized carbons (Fsp3) is 0.600. The van der Waals surface area contributed by atoms with Crippen molar-refractivity contribution in [3.05, 3.63) is 35.4 Å². The van der Waals surface area contributed by atoms with E-state index in [0.717, 1.165) is 37.2 Å². The second-order valence-electron chi connectivity index (χ2n) is 7.18. The van der Waals surface area contributed by atoms with Gasteiger partial charge in [-0.2, -0.15) is 0 Å². The number of Topliss-reactive ketones (excluding diaryl/α,β-unsaturated/α-hetero) is 1. The average molecular weight is 332 g/mol. The number of hydrogen-bond acceptors (Lipinski definition) is 3. The molecular formula is C20H32N2O2. The molecule has 0 aromatic heterocycles. The number of nitrogens with one attached hydrogen (secondary N) is 1. The van der Waals surface area contributed by atoms with Crippen molar-refractivity contribution in [1.29, 1.82) is 0 Å². The van der Waals surface area contributed by atoms with E-state index in [0.29, 0.717) is 13.0 Å². The van der Waals surface area contributed by atoms with E-state index in [1.165, 1.54) is 0 Å². The van der Waals surface area contributed by atoms with Crippen LogP contribution in [-0.4, -0.2) is 36.2 Å². The average Bonchev–Trinajstić information content (AvgIpc) is 2.56. The Bertz CT molecular complexity index is 526. The molecule has 1 aromatic carbocycles. The number of hydrogen-bond donors (Lipinski definition) is 1. The molecule has 0 unspecified atom stereocenters. The van der Waals surface area contributed by atoms with Crippen LogP contribution in [0.4, 0.5) is 0 Å². The molecule has 0 saturated carbocycles. The number of rotatable bonds is 9. The molecule has 0 aliphatic carbocycles. The van der Waals surface area contributed by atoms with Crippen molar-refractivity contribution >= 4 is 11.7 Å². The van der Waals surface area contributed by atoms with Gasteiger partial charge in [-0.25, -0.2) is 0 Å². The van der Waals surface area contributed by atoms with Gasteiger partial charge in [0.2, 0.25) is 5.91 Å². The molecule has 0 atom stereocenters. The maximum atomic E-state index is 12.2. The van der Waals surface area contributed by atoms with Crippen LogP contribution < -0.4 is 5.32 Å². The van der Waals surface area contributed by atoms with Crippen molar-refractivity contribution in [2.24, 2.45) is 5.41 Å². The molecule has 0 spiro atoms. The summed E-state index contributed by atoms with van der Waals surface area (Å²) in [5.74, 6) is 0.214. The first-order chi connectivity index (χ1) is 11.3. The van der Waals surface area contributed by atoms with Gasteiger partial charge < -0.3 is 10.2 Å². The summed E-state index contributed by atoms with van der Waals surface area (Å²) in [6, 6.07) is 7.55. The Morgan fingerprint density at radius 2 is 1.62 bits per heavy atom. The van der Waals surface area contributed by atoms with Crippen LogP contribution >= 0.6 is 0 Å². The van der Waals surface area contributed by atoms with Gasteiger partial charge in [0.15, 0.2) is 5.78 Å². The third-order valence-corrected chi connectivity index (χ3v) is 4.18. The zero-order valence-electron chi connectivity index (χ0n) is 15.8. The second-order valence-corrected chi connectivity index (χ2v) is 7.18.